The lowest BCUT2D eigenvalue weighted by atomic mass is 9.90. The van der Waals surface area contributed by atoms with Crippen molar-refractivity contribution in [3.05, 3.63) is 24.3 Å². The topological polar surface area (TPSA) is 80.3 Å². The molecule has 1 aromatic rings. The largest absolute Gasteiger partial charge is 0.261 e. The summed E-state index contributed by atoms with van der Waals surface area (Å²) in [5, 5.41) is 0. The summed E-state index contributed by atoms with van der Waals surface area (Å²) < 4.78 is 49.5. The summed E-state index contributed by atoms with van der Waals surface area (Å²) in [7, 11) is -2.42. The van der Waals surface area contributed by atoms with Crippen molar-refractivity contribution in [1.82, 2.24) is 4.72 Å². The summed E-state index contributed by atoms with van der Waals surface area (Å²) in [4.78, 5) is -0.301. The van der Waals surface area contributed by atoms with Crippen molar-refractivity contribution in [3.8, 4) is 0 Å². The van der Waals surface area contributed by atoms with E-state index in [1.165, 1.54) is 24.6 Å². The summed E-state index contributed by atoms with van der Waals surface area (Å²) in [6, 6.07) is 5.06. The minimum Gasteiger partial charge on any atom is -0.211 e. The Balaban J connectivity index is 2.12. The van der Waals surface area contributed by atoms with Gasteiger partial charge in [0, 0.05) is 17.2 Å². The molecular formula is C13H18ClNO4S2. The lowest BCUT2D eigenvalue weighted by Crippen LogP contribution is -2.30. The molecule has 1 aliphatic rings. The van der Waals surface area contributed by atoms with E-state index < -0.39 is 19.1 Å². The van der Waals surface area contributed by atoms with Crippen LogP contribution in [0.25, 0.3) is 0 Å². The number of halogens is 1. The van der Waals surface area contributed by atoms with Crippen molar-refractivity contribution in [2.45, 2.75) is 41.9 Å². The number of hydrogen-bond donors (Lipinski definition) is 1. The molecule has 0 heterocycles. The number of benzene rings is 1. The Labute approximate surface area is 130 Å². The molecule has 2 rings (SSSR count). The van der Waals surface area contributed by atoms with Crippen LogP contribution < -0.4 is 4.72 Å². The third-order valence-corrected chi connectivity index (χ3v) is 6.46. The van der Waals surface area contributed by atoms with Crippen LogP contribution in [0, 0.1) is 5.92 Å². The monoisotopic (exact) mass is 351 g/mol. The van der Waals surface area contributed by atoms with Crippen molar-refractivity contribution in [1.29, 1.82) is 0 Å². The Morgan fingerprint density at radius 2 is 1.67 bits per heavy atom. The third kappa shape index (κ3) is 4.67. The highest BCUT2D eigenvalue weighted by atomic mass is 35.7. The molecule has 0 unspecified atom stereocenters. The minimum absolute atomic E-state index is 0.0833. The van der Waals surface area contributed by atoms with Gasteiger partial charge in [-0.3, -0.25) is 0 Å². The van der Waals surface area contributed by atoms with E-state index in [0.29, 0.717) is 12.5 Å². The highest BCUT2D eigenvalue weighted by Gasteiger charge is 2.20. The Bertz CT molecular complexity index is 695. The Morgan fingerprint density at radius 3 is 2.29 bits per heavy atom. The zero-order chi connectivity index (χ0) is 15.5. The molecular weight excluding hydrogens is 334 g/mol. The number of hydrogen-bond acceptors (Lipinski definition) is 4. The summed E-state index contributed by atoms with van der Waals surface area (Å²) in [5.41, 5.74) is 0. The minimum atomic E-state index is -3.94. The zero-order valence-electron chi connectivity index (χ0n) is 11.5. The first kappa shape index (κ1) is 16.7. The van der Waals surface area contributed by atoms with Crippen LogP contribution in [0.15, 0.2) is 34.1 Å². The van der Waals surface area contributed by atoms with E-state index in [1.807, 2.05) is 0 Å². The fourth-order valence-electron chi connectivity index (χ4n) is 2.50. The van der Waals surface area contributed by atoms with Crippen LogP contribution in [0.3, 0.4) is 0 Å². The fourth-order valence-corrected chi connectivity index (χ4v) is 4.53. The van der Waals surface area contributed by atoms with Gasteiger partial charge in [0.05, 0.1) is 9.79 Å². The van der Waals surface area contributed by atoms with E-state index >= 15 is 0 Å². The molecule has 0 bridgehead atoms. The van der Waals surface area contributed by atoms with Gasteiger partial charge in [0.2, 0.25) is 10.0 Å². The quantitative estimate of drug-likeness (QED) is 0.826. The third-order valence-electron chi connectivity index (χ3n) is 3.68. The van der Waals surface area contributed by atoms with Gasteiger partial charge >= 0.3 is 0 Å². The Morgan fingerprint density at radius 1 is 1.05 bits per heavy atom. The molecule has 118 valence electrons. The van der Waals surface area contributed by atoms with Crippen LogP contribution in [-0.2, 0) is 19.1 Å². The second-order valence-corrected chi connectivity index (χ2v) is 9.60. The molecule has 0 aromatic heterocycles. The van der Waals surface area contributed by atoms with Crippen molar-refractivity contribution in [2.75, 3.05) is 6.54 Å². The Hall–Kier alpha value is -0.630. The first-order valence-corrected chi connectivity index (χ1v) is 10.6. The zero-order valence-corrected chi connectivity index (χ0v) is 13.8. The second-order valence-electron chi connectivity index (χ2n) is 5.27. The van der Waals surface area contributed by atoms with E-state index in [0.717, 1.165) is 31.7 Å². The van der Waals surface area contributed by atoms with Gasteiger partial charge in [-0.25, -0.2) is 21.6 Å². The highest BCUT2D eigenvalue weighted by molar-refractivity contribution is 8.13. The van der Waals surface area contributed by atoms with Crippen LogP contribution in [0.5, 0.6) is 0 Å². The molecule has 1 aliphatic carbocycles. The molecule has 0 aliphatic heterocycles. The van der Waals surface area contributed by atoms with Crippen molar-refractivity contribution < 1.29 is 16.8 Å². The summed E-state index contributed by atoms with van der Waals surface area (Å²) in [6.45, 7) is 0.389. The summed E-state index contributed by atoms with van der Waals surface area (Å²) in [5.74, 6) is 0.355. The molecule has 0 saturated heterocycles. The summed E-state index contributed by atoms with van der Waals surface area (Å²) >= 11 is 0. The fraction of sp³-hybridized carbons (Fsp3) is 0.538. The second kappa shape index (κ2) is 6.64. The van der Waals surface area contributed by atoms with Gasteiger partial charge in [-0.2, -0.15) is 0 Å². The summed E-state index contributed by atoms with van der Waals surface area (Å²) in [6.07, 6.45) is 5.52. The maximum absolute atomic E-state index is 12.2. The molecule has 0 spiro atoms. The van der Waals surface area contributed by atoms with Gasteiger partial charge in [0.1, 0.15) is 0 Å². The van der Waals surface area contributed by atoms with Gasteiger partial charge in [0.25, 0.3) is 9.05 Å². The van der Waals surface area contributed by atoms with Gasteiger partial charge < -0.3 is 0 Å². The number of sulfonamides is 1. The molecule has 21 heavy (non-hydrogen) atoms. The number of rotatable bonds is 5. The van der Waals surface area contributed by atoms with Gasteiger partial charge in [0.15, 0.2) is 0 Å². The van der Waals surface area contributed by atoms with Crippen molar-refractivity contribution >= 4 is 29.8 Å². The van der Waals surface area contributed by atoms with Crippen LogP contribution in [0.2, 0.25) is 0 Å². The van der Waals surface area contributed by atoms with E-state index in [9.17, 15) is 16.8 Å². The van der Waals surface area contributed by atoms with Gasteiger partial charge in [-0.1, -0.05) is 25.3 Å². The molecule has 5 nitrogen and oxygen atoms in total. The first-order valence-electron chi connectivity index (χ1n) is 6.83. The van der Waals surface area contributed by atoms with E-state index in [4.69, 9.17) is 10.7 Å². The molecule has 0 radical (unpaired) electrons. The van der Waals surface area contributed by atoms with E-state index in [2.05, 4.69) is 4.72 Å². The molecule has 0 amide bonds. The molecule has 1 saturated carbocycles. The molecule has 1 fully saturated rings. The van der Waals surface area contributed by atoms with Crippen LogP contribution >= 0.6 is 10.7 Å². The predicted octanol–water partition coefficient (Wildman–Crippen LogP) is 2.47. The van der Waals surface area contributed by atoms with Crippen LogP contribution in [0.4, 0.5) is 0 Å². The maximum atomic E-state index is 12.2. The normalized spacial score (nSPS) is 17.8. The first-order chi connectivity index (χ1) is 9.79. The predicted molar refractivity (Wildman–Crippen MR) is 81.2 cm³/mol. The van der Waals surface area contributed by atoms with Gasteiger partial charge in [-0.05, 0) is 37.0 Å². The molecule has 1 aromatic carbocycles. The Kier molecular flexibility index (Phi) is 5.29. The molecule has 8 heteroatoms. The number of nitrogens with one attached hydrogen (secondary N) is 1. The molecule has 0 atom stereocenters. The average Bonchev–Trinajstić information content (AvgIpc) is 2.46. The smallest absolute Gasteiger partial charge is 0.211 e. The molecule has 1 N–H and O–H groups in total. The lowest BCUT2D eigenvalue weighted by Gasteiger charge is -2.21. The lowest BCUT2D eigenvalue weighted by molar-refractivity contribution is 0.357. The van der Waals surface area contributed by atoms with E-state index in [-0.39, 0.29) is 9.79 Å². The highest BCUT2D eigenvalue weighted by Crippen LogP contribution is 2.24. The van der Waals surface area contributed by atoms with Crippen molar-refractivity contribution in [3.63, 3.8) is 0 Å². The van der Waals surface area contributed by atoms with Crippen LogP contribution in [0.1, 0.15) is 32.1 Å². The standard InChI is InChI=1S/C13H18ClNO4S2/c14-20(16,17)12-7-4-8-13(9-12)21(18,19)15-10-11-5-2-1-3-6-11/h4,7-9,11,15H,1-3,5-6,10H2. The van der Waals surface area contributed by atoms with E-state index in [1.54, 1.807) is 0 Å². The SMILES string of the molecule is O=S(=O)(Cl)c1cccc(S(=O)(=O)NCC2CCCCC2)c1. The van der Waals surface area contributed by atoms with Crippen molar-refractivity contribution in [2.24, 2.45) is 5.92 Å². The maximum Gasteiger partial charge on any atom is 0.261 e. The van der Waals surface area contributed by atoms with Crippen LogP contribution in [-0.4, -0.2) is 23.4 Å². The average molecular weight is 352 g/mol. The van der Waals surface area contributed by atoms with Gasteiger partial charge in [-0.15, -0.1) is 0 Å².